The van der Waals surface area contributed by atoms with Crippen molar-refractivity contribution >= 4 is 28.9 Å². The van der Waals surface area contributed by atoms with Crippen LogP contribution >= 0.6 is 11.6 Å². The van der Waals surface area contributed by atoms with Crippen LogP contribution in [-0.2, 0) is 0 Å². The van der Waals surface area contributed by atoms with Gasteiger partial charge in [0.25, 0.3) is 0 Å². The van der Waals surface area contributed by atoms with Crippen LogP contribution < -0.4 is 5.32 Å². The highest BCUT2D eigenvalue weighted by atomic mass is 35.5. The first kappa shape index (κ1) is 12.4. The number of rotatable bonds is 3. The zero-order valence-electron chi connectivity index (χ0n) is 9.15. The van der Waals surface area contributed by atoms with Gasteiger partial charge < -0.3 is 10.4 Å². The fraction of sp³-hybridized carbons (Fsp3) is 0. The molecule has 0 amide bonds. The molecule has 0 heterocycles. The lowest BCUT2D eigenvalue weighted by atomic mass is 10.2. The van der Waals surface area contributed by atoms with Gasteiger partial charge in [0, 0.05) is 0 Å². The van der Waals surface area contributed by atoms with Crippen molar-refractivity contribution in [3.05, 3.63) is 58.9 Å². The fourth-order valence-corrected chi connectivity index (χ4v) is 1.63. The molecule has 0 atom stereocenters. The summed E-state index contributed by atoms with van der Waals surface area (Å²) in [6, 6.07) is 10.3. The minimum Gasteiger partial charge on any atom is -0.478 e. The van der Waals surface area contributed by atoms with E-state index < -0.39 is 11.8 Å². The Morgan fingerprint density at radius 1 is 1.17 bits per heavy atom. The predicted molar refractivity (Wildman–Crippen MR) is 68.1 cm³/mol. The molecule has 18 heavy (non-hydrogen) atoms. The van der Waals surface area contributed by atoms with Crippen LogP contribution in [0.4, 0.5) is 15.8 Å². The Kier molecular flexibility index (Phi) is 3.48. The minimum absolute atomic E-state index is 0.0817. The number of benzene rings is 2. The van der Waals surface area contributed by atoms with Gasteiger partial charge >= 0.3 is 5.97 Å². The van der Waals surface area contributed by atoms with E-state index >= 15 is 0 Å². The number of anilines is 2. The second-order valence-electron chi connectivity index (χ2n) is 3.60. The van der Waals surface area contributed by atoms with Crippen molar-refractivity contribution in [3.8, 4) is 0 Å². The standard InChI is InChI=1S/C13H9ClFNO2/c14-9-6-5-8(13(17)18)7-12(9)16-11-4-2-1-3-10(11)15/h1-7,16H,(H,17,18). The van der Waals surface area contributed by atoms with E-state index in [1.54, 1.807) is 18.2 Å². The summed E-state index contributed by atoms with van der Waals surface area (Å²) in [6.07, 6.45) is 0. The van der Waals surface area contributed by atoms with E-state index in [9.17, 15) is 9.18 Å². The van der Waals surface area contributed by atoms with Crippen molar-refractivity contribution in [1.82, 2.24) is 0 Å². The Bertz CT molecular complexity index is 601. The first-order chi connectivity index (χ1) is 8.58. The SMILES string of the molecule is O=C(O)c1ccc(Cl)c(Nc2ccccc2F)c1. The van der Waals surface area contributed by atoms with E-state index in [0.717, 1.165) is 0 Å². The molecular formula is C13H9ClFNO2. The Hall–Kier alpha value is -2.07. The van der Waals surface area contributed by atoms with Crippen molar-refractivity contribution in [1.29, 1.82) is 0 Å². The molecule has 2 N–H and O–H groups in total. The van der Waals surface area contributed by atoms with Crippen molar-refractivity contribution < 1.29 is 14.3 Å². The van der Waals surface area contributed by atoms with Crippen LogP contribution in [-0.4, -0.2) is 11.1 Å². The summed E-state index contributed by atoms with van der Waals surface area (Å²) in [4.78, 5) is 10.8. The van der Waals surface area contributed by atoms with E-state index in [1.807, 2.05) is 0 Å². The normalized spacial score (nSPS) is 10.1. The van der Waals surface area contributed by atoms with Gasteiger partial charge in [-0.15, -0.1) is 0 Å². The molecule has 2 rings (SSSR count). The fourth-order valence-electron chi connectivity index (χ4n) is 1.46. The third-order valence-electron chi connectivity index (χ3n) is 2.36. The molecular weight excluding hydrogens is 257 g/mol. The summed E-state index contributed by atoms with van der Waals surface area (Å²) >= 11 is 5.93. The predicted octanol–water partition coefficient (Wildman–Crippen LogP) is 3.92. The number of para-hydroxylation sites is 1. The summed E-state index contributed by atoms with van der Waals surface area (Å²) in [6.45, 7) is 0. The number of halogens is 2. The van der Waals surface area contributed by atoms with Crippen LogP contribution in [0, 0.1) is 5.82 Å². The van der Waals surface area contributed by atoms with E-state index in [2.05, 4.69) is 5.32 Å². The molecule has 0 saturated heterocycles. The number of nitrogens with one attached hydrogen (secondary N) is 1. The van der Waals surface area contributed by atoms with Gasteiger partial charge in [0.2, 0.25) is 0 Å². The molecule has 0 aliphatic carbocycles. The zero-order chi connectivity index (χ0) is 13.1. The maximum absolute atomic E-state index is 13.4. The molecule has 0 bridgehead atoms. The second-order valence-corrected chi connectivity index (χ2v) is 4.01. The van der Waals surface area contributed by atoms with E-state index in [1.165, 1.54) is 24.3 Å². The average Bonchev–Trinajstić information content (AvgIpc) is 2.34. The monoisotopic (exact) mass is 265 g/mol. The van der Waals surface area contributed by atoms with Gasteiger partial charge in [-0.3, -0.25) is 0 Å². The van der Waals surface area contributed by atoms with Crippen LogP contribution in [0.25, 0.3) is 0 Å². The molecule has 0 saturated carbocycles. The van der Waals surface area contributed by atoms with Crippen LogP contribution in [0.2, 0.25) is 5.02 Å². The lowest BCUT2D eigenvalue weighted by Crippen LogP contribution is -1.99. The van der Waals surface area contributed by atoms with Gasteiger partial charge in [-0.25, -0.2) is 9.18 Å². The largest absolute Gasteiger partial charge is 0.478 e. The van der Waals surface area contributed by atoms with Gasteiger partial charge in [-0.2, -0.15) is 0 Å². The quantitative estimate of drug-likeness (QED) is 0.884. The summed E-state index contributed by atoms with van der Waals surface area (Å²) < 4.78 is 13.4. The van der Waals surface area contributed by atoms with Crippen LogP contribution in [0.1, 0.15) is 10.4 Å². The molecule has 5 heteroatoms. The summed E-state index contributed by atoms with van der Waals surface area (Å²) in [5, 5.41) is 12.0. The van der Waals surface area contributed by atoms with Gasteiger partial charge in [0.05, 0.1) is 22.0 Å². The molecule has 0 fully saturated rings. The number of carboxylic acids is 1. The highest BCUT2D eigenvalue weighted by Gasteiger charge is 2.09. The first-order valence-corrected chi connectivity index (χ1v) is 5.50. The number of hydrogen-bond acceptors (Lipinski definition) is 2. The third-order valence-corrected chi connectivity index (χ3v) is 2.69. The molecule has 0 unspecified atom stereocenters. The molecule has 2 aromatic rings. The smallest absolute Gasteiger partial charge is 0.335 e. The average molecular weight is 266 g/mol. The van der Waals surface area contributed by atoms with Crippen LogP contribution in [0.5, 0.6) is 0 Å². The molecule has 0 radical (unpaired) electrons. The molecule has 92 valence electrons. The molecule has 0 aliphatic rings. The molecule has 0 spiro atoms. The van der Waals surface area contributed by atoms with Gasteiger partial charge in [-0.1, -0.05) is 23.7 Å². The molecule has 0 aromatic heterocycles. The summed E-state index contributed by atoms with van der Waals surface area (Å²) in [5.74, 6) is -1.50. The molecule has 0 aliphatic heterocycles. The number of aromatic carboxylic acids is 1. The molecule has 3 nitrogen and oxygen atoms in total. The number of carbonyl (C=O) groups is 1. The Morgan fingerprint density at radius 3 is 2.56 bits per heavy atom. The second kappa shape index (κ2) is 5.06. The van der Waals surface area contributed by atoms with Gasteiger partial charge in [-0.05, 0) is 30.3 Å². The van der Waals surface area contributed by atoms with Crippen molar-refractivity contribution in [2.75, 3.05) is 5.32 Å². The van der Waals surface area contributed by atoms with E-state index in [0.29, 0.717) is 10.7 Å². The minimum atomic E-state index is -1.07. The van der Waals surface area contributed by atoms with Gasteiger partial charge in [0.15, 0.2) is 0 Å². The third kappa shape index (κ3) is 2.60. The zero-order valence-corrected chi connectivity index (χ0v) is 9.91. The van der Waals surface area contributed by atoms with Crippen LogP contribution in [0.3, 0.4) is 0 Å². The van der Waals surface area contributed by atoms with Crippen molar-refractivity contribution in [2.24, 2.45) is 0 Å². The van der Waals surface area contributed by atoms with E-state index in [4.69, 9.17) is 16.7 Å². The topological polar surface area (TPSA) is 49.3 Å². The van der Waals surface area contributed by atoms with Crippen molar-refractivity contribution in [2.45, 2.75) is 0 Å². The number of hydrogen-bond donors (Lipinski definition) is 2. The highest BCUT2D eigenvalue weighted by molar-refractivity contribution is 6.33. The maximum atomic E-state index is 13.4. The Labute approximate surface area is 108 Å². The highest BCUT2D eigenvalue weighted by Crippen LogP contribution is 2.27. The summed E-state index contributed by atoms with van der Waals surface area (Å²) in [7, 11) is 0. The molecule has 2 aromatic carbocycles. The lowest BCUT2D eigenvalue weighted by molar-refractivity contribution is 0.0697. The maximum Gasteiger partial charge on any atom is 0.335 e. The number of carboxylic acid groups (broad SMARTS) is 1. The Morgan fingerprint density at radius 2 is 1.89 bits per heavy atom. The summed E-state index contributed by atoms with van der Waals surface area (Å²) in [5.41, 5.74) is 0.668. The van der Waals surface area contributed by atoms with Crippen molar-refractivity contribution in [3.63, 3.8) is 0 Å². The van der Waals surface area contributed by atoms with E-state index in [-0.39, 0.29) is 11.3 Å². The Balaban J connectivity index is 2.37. The first-order valence-electron chi connectivity index (χ1n) is 5.12. The van der Waals surface area contributed by atoms with Gasteiger partial charge in [0.1, 0.15) is 5.82 Å². The van der Waals surface area contributed by atoms with Crippen LogP contribution in [0.15, 0.2) is 42.5 Å². The lowest BCUT2D eigenvalue weighted by Gasteiger charge is -2.09.